The van der Waals surface area contributed by atoms with Gasteiger partial charge in [0, 0.05) is 18.1 Å². The molecule has 1 aliphatic rings. The van der Waals surface area contributed by atoms with Crippen LogP contribution in [-0.4, -0.2) is 14.9 Å². The van der Waals surface area contributed by atoms with Crippen LogP contribution in [0.1, 0.15) is 12.0 Å². The Morgan fingerprint density at radius 3 is 2.78 bits per heavy atom. The fourth-order valence-electron chi connectivity index (χ4n) is 2.16. The van der Waals surface area contributed by atoms with Gasteiger partial charge in [-0.25, -0.2) is 4.39 Å². The zero-order valence-electron chi connectivity index (χ0n) is 10.8. The molecular weight excluding hydrogens is 249 g/mol. The van der Waals surface area contributed by atoms with Gasteiger partial charge in [-0.1, -0.05) is 0 Å². The summed E-state index contributed by atoms with van der Waals surface area (Å²) in [6, 6.07) is 6.50. The van der Waals surface area contributed by atoms with Crippen molar-refractivity contribution in [3.05, 3.63) is 29.6 Å². The molecule has 1 atom stereocenters. The number of benzene rings is 1. The van der Waals surface area contributed by atoms with Gasteiger partial charge in [-0.2, -0.15) is 5.26 Å². The fourth-order valence-corrected chi connectivity index (χ4v) is 3.46. The summed E-state index contributed by atoms with van der Waals surface area (Å²) in [7, 11) is -1.89. The molecule has 0 fully saturated rings. The van der Waals surface area contributed by atoms with Gasteiger partial charge in [0.25, 0.3) is 0 Å². The molecule has 1 aliphatic heterocycles. The third-order valence-corrected chi connectivity index (χ3v) is 3.71. The van der Waals surface area contributed by atoms with Gasteiger partial charge in [-0.3, -0.25) is 0 Å². The van der Waals surface area contributed by atoms with E-state index in [4.69, 9.17) is 9.16 Å². The Balaban J connectivity index is 2.50. The molecular formula is C13H16FNO2Si. The lowest BCUT2D eigenvalue weighted by atomic mass is 9.89. The molecule has 0 saturated heterocycles. The van der Waals surface area contributed by atoms with Crippen molar-refractivity contribution in [1.29, 1.82) is 5.26 Å². The molecule has 0 bridgehead atoms. The molecule has 5 heteroatoms. The molecule has 0 spiro atoms. The number of fused-ring (bicyclic) bond motifs is 1. The molecule has 0 aromatic heterocycles. The molecule has 1 heterocycles. The molecule has 0 aliphatic carbocycles. The van der Waals surface area contributed by atoms with Crippen molar-refractivity contribution in [2.75, 3.05) is 6.61 Å². The minimum Gasteiger partial charge on any atom is -0.493 e. The highest BCUT2D eigenvalue weighted by Gasteiger charge is 2.42. The summed E-state index contributed by atoms with van der Waals surface area (Å²) in [5.41, 5.74) is -0.355. The number of rotatable bonds is 2. The van der Waals surface area contributed by atoms with Gasteiger partial charge in [-0.15, -0.1) is 0 Å². The van der Waals surface area contributed by atoms with E-state index in [0.717, 1.165) is 0 Å². The van der Waals surface area contributed by atoms with Crippen molar-refractivity contribution in [3.63, 3.8) is 0 Å². The topological polar surface area (TPSA) is 42.2 Å². The van der Waals surface area contributed by atoms with E-state index in [1.807, 2.05) is 19.6 Å². The first kappa shape index (κ1) is 13.1. The minimum atomic E-state index is -1.89. The average molecular weight is 265 g/mol. The van der Waals surface area contributed by atoms with Crippen LogP contribution in [0.25, 0.3) is 0 Å². The van der Waals surface area contributed by atoms with Gasteiger partial charge >= 0.3 is 0 Å². The van der Waals surface area contributed by atoms with Crippen LogP contribution in [0.5, 0.6) is 5.75 Å². The maximum Gasteiger partial charge on any atom is 0.186 e. The van der Waals surface area contributed by atoms with E-state index < -0.39 is 13.9 Å². The van der Waals surface area contributed by atoms with E-state index >= 15 is 0 Å². The van der Waals surface area contributed by atoms with E-state index in [-0.39, 0.29) is 5.82 Å². The molecule has 18 heavy (non-hydrogen) atoms. The maximum atomic E-state index is 13.2. The molecule has 2 rings (SSSR count). The Kier molecular flexibility index (Phi) is 3.17. The van der Waals surface area contributed by atoms with E-state index in [9.17, 15) is 9.65 Å². The first-order chi connectivity index (χ1) is 8.36. The number of halogens is 1. The Bertz CT molecular complexity index is 507. The average Bonchev–Trinajstić information content (AvgIpc) is 2.26. The minimum absolute atomic E-state index is 0.365. The van der Waals surface area contributed by atoms with Crippen LogP contribution in [0.2, 0.25) is 19.6 Å². The summed E-state index contributed by atoms with van der Waals surface area (Å²) in [5, 5.41) is 9.52. The molecule has 0 N–H and O–H groups in total. The number of hydrogen-bond acceptors (Lipinski definition) is 3. The van der Waals surface area contributed by atoms with Crippen molar-refractivity contribution in [1.82, 2.24) is 0 Å². The monoisotopic (exact) mass is 265 g/mol. The van der Waals surface area contributed by atoms with Gasteiger partial charge < -0.3 is 9.16 Å². The summed E-state index contributed by atoms with van der Waals surface area (Å²) in [6.45, 7) is 6.47. The van der Waals surface area contributed by atoms with Gasteiger partial charge in [0.1, 0.15) is 17.6 Å². The molecule has 96 valence electrons. The van der Waals surface area contributed by atoms with Gasteiger partial charge in [0.15, 0.2) is 13.9 Å². The lowest BCUT2D eigenvalue weighted by molar-refractivity contribution is 0.0662. The zero-order chi connectivity index (χ0) is 13.4. The third kappa shape index (κ3) is 2.40. The Morgan fingerprint density at radius 1 is 1.44 bits per heavy atom. The highest BCUT2D eigenvalue weighted by molar-refractivity contribution is 6.69. The SMILES string of the molecule is C[Si](C)(C)OC1(C#N)CCOc2cc(F)ccc21. The van der Waals surface area contributed by atoms with E-state index in [0.29, 0.717) is 24.3 Å². The predicted molar refractivity (Wildman–Crippen MR) is 68.2 cm³/mol. The second-order valence-corrected chi connectivity index (χ2v) is 9.82. The van der Waals surface area contributed by atoms with Crippen LogP contribution in [0.15, 0.2) is 18.2 Å². The van der Waals surface area contributed by atoms with Crippen LogP contribution in [0.3, 0.4) is 0 Å². The quantitative estimate of drug-likeness (QED) is 0.771. The van der Waals surface area contributed by atoms with Crippen molar-refractivity contribution in [2.24, 2.45) is 0 Å². The molecule has 1 aromatic carbocycles. The lowest BCUT2D eigenvalue weighted by Crippen LogP contribution is -2.42. The number of hydrogen-bond donors (Lipinski definition) is 0. The van der Waals surface area contributed by atoms with E-state index in [2.05, 4.69) is 6.07 Å². The van der Waals surface area contributed by atoms with Crippen molar-refractivity contribution < 1.29 is 13.6 Å². The summed E-state index contributed by atoms with van der Waals surface area (Å²) in [4.78, 5) is 0. The van der Waals surface area contributed by atoms with E-state index in [1.54, 1.807) is 6.07 Å². The van der Waals surface area contributed by atoms with Crippen LogP contribution >= 0.6 is 0 Å². The number of nitriles is 1. The zero-order valence-corrected chi connectivity index (χ0v) is 11.8. The first-order valence-electron chi connectivity index (χ1n) is 5.91. The van der Waals surface area contributed by atoms with Crippen molar-refractivity contribution in [3.8, 4) is 11.8 Å². The van der Waals surface area contributed by atoms with Gasteiger partial charge in [0.05, 0.1) is 6.61 Å². The smallest absolute Gasteiger partial charge is 0.186 e. The van der Waals surface area contributed by atoms with Crippen LogP contribution in [0.4, 0.5) is 4.39 Å². The standard InChI is InChI=1S/C13H16FNO2Si/c1-18(2,3)17-13(9-15)6-7-16-12-8-10(14)4-5-11(12)13/h4-5,8H,6-7H2,1-3H3. The molecule has 1 aromatic rings. The number of nitrogens with zero attached hydrogens (tertiary/aromatic N) is 1. The molecule has 0 radical (unpaired) electrons. The van der Waals surface area contributed by atoms with Gasteiger partial charge in [-0.05, 0) is 31.8 Å². The van der Waals surface area contributed by atoms with Crippen molar-refractivity contribution >= 4 is 8.32 Å². The predicted octanol–water partition coefficient (Wildman–Crippen LogP) is 3.18. The van der Waals surface area contributed by atoms with Crippen LogP contribution in [0, 0.1) is 17.1 Å². The lowest BCUT2D eigenvalue weighted by Gasteiger charge is -2.37. The first-order valence-corrected chi connectivity index (χ1v) is 9.31. The Morgan fingerprint density at radius 2 is 2.17 bits per heavy atom. The highest BCUT2D eigenvalue weighted by atomic mass is 28.4. The van der Waals surface area contributed by atoms with Crippen molar-refractivity contribution in [2.45, 2.75) is 31.7 Å². The molecule has 1 unspecified atom stereocenters. The van der Waals surface area contributed by atoms with Crippen LogP contribution in [-0.2, 0) is 10.0 Å². The summed E-state index contributed by atoms with van der Waals surface area (Å²) in [6.07, 6.45) is 0.479. The van der Waals surface area contributed by atoms with Gasteiger partial charge in [0.2, 0.25) is 0 Å². The Hall–Kier alpha value is -1.38. The largest absolute Gasteiger partial charge is 0.493 e. The normalized spacial score (nSPS) is 22.8. The summed E-state index contributed by atoms with van der Waals surface area (Å²) < 4.78 is 24.7. The molecule has 0 amide bonds. The fraction of sp³-hybridized carbons (Fsp3) is 0.462. The molecule has 3 nitrogen and oxygen atoms in total. The highest BCUT2D eigenvalue weighted by Crippen LogP contribution is 2.41. The number of ether oxygens (including phenoxy) is 1. The Labute approximate surface area is 107 Å². The van der Waals surface area contributed by atoms with Crippen LogP contribution < -0.4 is 4.74 Å². The maximum absolute atomic E-state index is 13.2. The van der Waals surface area contributed by atoms with E-state index in [1.165, 1.54) is 12.1 Å². The second kappa shape index (κ2) is 4.37. The summed E-state index contributed by atoms with van der Waals surface area (Å²) >= 11 is 0. The third-order valence-electron chi connectivity index (χ3n) is 2.75. The summed E-state index contributed by atoms with van der Waals surface area (Å²) in [5.74, 6) is 0.0524. The second-order valence-electron chi connectivity index (χ2n) is 5.39. The molecule has 0 saturated carbocycles.